The lowest BCUT2D eigenvalue weighted by Gasteiger charge is -2.27. The van der Waals surface area contributed by atoms with Gasteiger partial charge in [0, 0.05) is 11.5 Å². The lowest BCUT2D eigenvalue weighted by Crippen LogP contribution is -2.26. The van der Waals surface area contributed by atoms with Crippen LogP contribution in [0.25, 0.3) is 11.3 Å². The van der Waals surface area contributed by atoms with E-state index in [0.717, 1.165) is 50.7 Å². The molecular weight excluding hydrogens is 327 g/mol. The number of nitrogens with zero attached hydrogens (tertiary/aromatic N) is 1. The van der Waals surface area contributed by atoms with Crippen LogP contribution < -0.4 is 5.32 Å². The number of nitrogens with one attached hydrogen (secondary N) is 2. The Balaban J connectivity index is 1.67. The molecule has 3 nitrogen and oxygen atoms in total. The lowest BCUT2D eigenvalue weighted by molar-refractivity contribution is -0.137. The summed E-state index contributed by atoms with van der Waals surface area (Å²) in [7, 11) is 0. The summed E-state index contributed by atoms with van der Waals surface area (Å²) in [6, 6.07) is 5.38. The predicted octanol–water partition coefficient (Wildman–Crippen LogP) is 4.98. The first kappa shape index (κ1) is 18.0. The number of alkyl halides is 3. The van der Waals surface area contributed by atoms with Crippen LogP contribution in [-0.2, 0) is 6.18 Å². The first-order valence-corrected chi connectivity index (χ1v) is 8.90. The Kier molecular flexibility index (Phi) is 5.47. The van der Waals surface area contributed by atoms with Gasteiger partial charge in [-0.1, -0.05) is 19.1 Å². The largest absolute Gasteiger partial charge is 0.416 e. The molecule has 136 valence electrons. The van der Waals surface area contributed by atoms with Gasteiger partial charge in [0.1, 0.15) is 5.82 Å². The minimum Gasteiger partial charge on any atom is -0.342 e. The van der Waals surface area contributed by atoms with Crippen LogP contribution in [0.2, 0.25) is 0 Å². The topological polar surface area (TPSA) is 40.7 Å². The van der Waals surface area contributed by atoms with E-state index in [9.17, 15) is 13.2 Å². The summed E-state index contributed by atoms with van der Waals surface area (Å²) >= 11 is 0. The van der Waals surface area contributed by atoms with Crippen molar-refractivity contribution < 1.29 is 13.2 Å². The van der Waals surface area contributed by atoms with Gasteiger partial charge < -0.3 is 10.3 Å². The molecule has 0 amide bonds. The fraction of sp³-hybridized carbons (Fsp3) is 0.526. The fourth-order valence-corrected chi connectivity index (χ4v) is 3.54. The zero-order valence-electron chi connectivity index (χ0n) is 14.4. The molecule has 2 aromatic rings. The van der Waals surface area contributed by atoms with Crippen molar-refractivity contribution in [2.45, 2.75) is 44.7 Å². The van der Waals surface area contributed by atoms with Gasteiger partial charge >= 0.3 is 6.18 Å². The molecule has 2 N–H and O–H groups in total. The minimum absolute atomic E-state index is 0.373. The molecule has 0 radical (unpaired) electrons. The molecule has 1 heterocycles. The van der Waals surface area contributed by atoms with Crippen molar-refractivity contribution in [1.29, 1.82) is 0 Å². The molecule has 0 atom stereocenters. The average Bonchev–Trinajstić information content (AvgIpc) is 3.10. The third kappa shape index (κ3) is 4.42. The lowest BCUT2D eigenvalue weighted by atomic mass is 9.81. The van der Waals surface area contributed by atoms with Crippen LogP contribution in [0, 0.1) is 5.92 Å². The molecule has 1 fully saturated rings. The highest BCUT2D eigenvalue weighted by Crippen LogP contribution is 2.36. The van der Waals surface area contributed by atoms with Gasteiger partial charge in [-0.15, -0.1) is 0 Å². The van der Waals surface area contributed by atoms with Crippen LogP contribution in [0.3, 0.4) is 0 Å². The van der Waals surface area contributed by atoms with Gasteiger partial charge in [-0.3, -0.25) is 0 Å². The van der Waals surface area contributed by atoms with Crippen LogP contribution in [0.15, 0.2) is 30.5 Å². The fourth-order valence-electron chi connectivity index (χ4n) is 3.54. The SMILES string of the molecule is CCNCC1CCC(c2ncc(-c3cccc(C(F)(F)F)c3)[nH]2)CC1. The number of hydrogen-bond acceptors (Lipinski definition) is 2. The van der Waals surface area contributed by atoms with Gasteiger partial charge in [0.2, 0.25) is 0 Å². The van der Waals surface area contributed by atoms with E-state index in [4.69, 9.17) is 0 Å². The van der Waals surface area contributed by atoms with E-state index in [1.54, 1.807) is 12.3 Å². The molecule has 0 bridgehead atoms. The van der Waals surface area contributed by atoms with Crippen molar-refractivity contribution in [3.63, 3.8) is 0 Å². The quantitative estimate of drug-likeness (QED) is 0.798. The van der Waals surface area contributed by atoms with Crippen molar-refractivity contribution in [2.24, 2.45) is 5.92 Å². The van der Waals surface area contributed by atoms with Crippen molar-refractivity contribution in [3.8, 4) is 11.3 Å². The molecule has 6 heteroatoms. The first-order chi connectivity index (χ1) is 12.0. The standard InChI is InChI=1S/C19H24F3N3/c1-2-23-11-13-6-8-14(9-7-13)18-24-12-17(25-18)15-4-3-5-16(10-15)19(20,21)22/h3-5,10,12-14,23H,2,6-9,11H2,1H3,(H,24,25). The van der Waals surface area contributed by atoms with E-state index < -0.39 is 11.7 Å². The van der Waals surface area contributed by atoms with E-state index >= 15 is 0 Å². The molecular formula is C19H24F3N3. The number of aromatic amines is 1. The molecule has 3 rings (SSSR count). The highest BCUT2D eigenvalue weighted by molar-refractivity contribution is 5.59. The Hall–Kier alpha value is -1.82. The number of rotatable bonds is 5. The van der Waals surface area contributed by atoms with E-state index in [2.05, 4.69) is 22.2 Å². The molecule has 0 aliphatic heterocycles. The van der Waals surface area contributed by atoms with Crippen molar-refractivity contribution in [3.05, 3.63) is 41.9 Å². The Morgan fingerprint density at radius 1 is 1.20 bits per heavy atom. The van der Waals surface area contributed by atoms with Crippen molar-refractivity contribution >= 4 is 0 Å². The van der Waals surface area contributed by atoms with Crippen LogP contribution in [-0.4, -0.2) is 23.1 Å². The Morgan fingerprint density at radius 3 is 2.64 bits per heavy atom. The van der Waals surface area contributed by atoms with Crippen LogP contribution in [0.5, 0.6) is 0 Å². The molecule has 0 unspecified atom stereocenters. The number of halogens is 3. The zero-order chi connectivity index (χ0) is 17.9. The minimum atomic E-state index is -4.33. The molecule has 25 heavy (non-hydrogen) atoms. The van der Waals surface area contributed by atoms with Crippen LogP contribution in [0.4, 0.5) is 13.2 Å². The predicted molar refractivity (Wildman–Crippen MR) is 92.3 cm³/mol. The maximum absolute atomic E-state index is 12.9. The van der Waals surface area contributed by atoms with Crippen LogP contribution in [0.1, 0.15) is 49.9 Å². The summed E-state index contributed by atoms with van der Waals surface area (Å²) < 4.78 is 38.6. The summed E-state index contributed by atoms with van der Waals surface area (Å²) in [4.78, 5) is 7.68. The molecule has 1 saturated carbocycles. The average molecular weight is 351 g/mol. The number of hydrogen-bond donors (Lipinski definition) is 2. The number of imidazole rings is 1. The third-order valence-corrected chi connectivity index (χ3v) is 5.01. The Bertz CT molecular complexity index is 685. The number of aromatic nitrogens is 2. The molecule has 1 aromatic carbocycles. The maximum atomic E-state index is 12.9. The zero-order valence-corrected chi connectivity index (χ0v) is 14.4. The Labute approximate surface area is 146 Å². The normalized spacial score (nSPS) is 21.4. The monoisotopic (exact) mass is 351 g/mol. The van der Waals surface area contributed by atoms with Crippen LogP contribution >= 0.6 is 0 Å². The van der Waals surface area contributed by atoms with Gasteiger partial charge in [-0.2, -0.15) is 13.2 Å². The van der Waals surface area contributed by atoms with E-state index in [1.165, 1.54) is 12.1 Å². The molecule has 1 aliphatic rings. The van der Waals surface area contributed by atoms with Crippen molar-refractivity contribution in [2.75, 3.05) is 13.1 Å². The molecule has 1 aliphatic carbocycles. The summed E-state index contributed by atoms with van der Waals surface area (Å²) in [5.74, 6) is 1.99. The summed E-state index contributed by atoms with van der Waals surface area (Å²) in [5.41, 5.74) is 0.537. The third-order valence-electron chi connectivity index (χ3n) is 5.01. The molecule has 0 spiro atoms. The number of benzene rings is 1. The first-order valence-electron chi connectivity index (χ1n) is 8.90. The second-order valence-corrected chi connectivity index (χ2v) is 6.79. The molecule has 0 saturated heterocycles. The van der Waals surface area contributed by atoms with E-state index in [1.807, 2.05) is 0 Å². The molecule has 1 aromatic heterocycles. The maximum Gasteiger partial charge on any atom is 0.416 e. The number of H-pyrrole nitrogens is 1. The van der Waals surface area contributed by atoms with E-state index in [-0.39, 0.29) is 0 Å². The highest BCUT2D eigenvalue weighted by atomic mass is 19.4. The van der Waals surface area contributed by atoms with E-state index in [0.29, 0.717) is 23.1 Å². The summed E-state index contributed by atoms with van der Waals surface area (Å²) in [6.45, 7) is 4.18. The van der Waals surface area contributed by atoms with Gasteiger partial charge in [0.05, 0.1) is 17.5 Å². The summed E-state index contributed by atoms with van der Waals surface area (Å²) in [5, 5.41) is 3.40. The Morgan fingerprint density at radius 2 is 1.96 bits per heavy atom. The van der Waals surface area contributed by atoms with Gasteiger partial charge in [-0.25, -0.2) is 4.98 Å². The second-order valence-electron chi connectivity index (χ2n) is 6.79. The van der Waals surface area contributed by atoms with Crippen molar-refractivity contribution in [1.82, 2.24) is 15.3 Å². The van der Waals surface area contributed by atoms with Gasteiger partial charge in [-0.05, 0) is 56.8 Å². The van der Waals surface area contributed by atoms with Gasteiger partial charge in [0.25, 0.3) is 0 Å². The second kappa shape index (κ2) is 7.60. The smallest absolute Gasteiger partial charge is 0.342 e. The highest BCUT2D eigenvalue weighted by Gasteiger charge is 2.30. The van der Waals surface area contributed by atoms with Gasteiger partial charge in [0.15, 0.2) is 0 Å². The summed E-state index contributed by atoms with van der Waals surface area (Å²) in [6.07, 6.45) is 1.80.